The Labute approximate surface area is 364 Å². The van der Waals surface area contributed by atoms with Gasteiger partial charge in [0, 0.05) is 50.1 Å². The summed E-state index contributed by atoms with van der Waals surface area (Å²) in [5.74, 6) is 0.736. The Morgan fingerprint density at radius 3 is 1.97 bits per heavy atom. The van der Waals surface area contributed by atoms with Crippen molar-refractivity contribution in [2.45, 2.75) is 51.5 Å². The van der Waals surface area contributed by atoms with Crippen LogP contribution in [0.2, 0.25) is 0 Å². The number of aromatic nitrogens is 3. The lowest BCUT2D eigenvalue weighted by Gasteiger charge is -2.40. The molecule has 1 aliphatic heterocycles. The normalized spacial score (nSPS) is 14.3. The molecule has 0 radical (unpaired) electrons. The fourth-order valence-corrected chi connectivity index (χ4v) is 9.59. The van der Waals surface area contributed by atoms with Crippen LogP contribution in [0.25, 0.3) is 78.1 Å². The average Bonchev–Trinajstić information content (AvgIpc) is 3.67. The zero-order chi connectivity index (χ0) is 41.4. The lowest BCUT2D eigenvalue weighted by molar-refractivity contribution is 0.667. The molecule has 4 nitrogen and oxygen atoms in total. The molecule has 0 spiro atoms. The maximum atomic E-state index is 5.15. The van der Waals surface area contributed by atoms with E-state index in [-0.39, 0.29) is 6.04 Å². The smallest absolute Gasteiger partial charge is 0.160 e. The number of hydrogen-bond acceptors (Lipinski definition) is 3. The molecule has 0 saturated carbocycles. The van der Waals surface area contributed by atoms with E-state index in [1.807, 2.05) is 6.07 Å². The minimum Gasteiger partial charge on any atom is -0.334 e. The third kappa shape index (κ3) is 7.02. The Hall–Kier alpha value is -7.30. The first kappa shape index (κ1) is 37.7. The standard InChI is InChI=1S/C58H48N4/c1-2-3-4-7-15-40-24-26-41(27-25-40)53-39-54(60-58(59-53)43-16-8-5-9-17-43)42-28-32-48(33-29-42)61-49-21-14-18-46(36-49)51-37-44(30-34-56(51)61)45-31-35-57-52(38-45)50-22-12-13-23-55(50)62(57)47-19-10-6-11-20-47/h5-6,8-14,16-35,37-39,49H,2-4,7,15,36H2,1H3. The van der Waals surface area contributed by atoms with E-state index in [1.165, 1.54) is 92.4 Å². The molecular weight excluding hydrogens is 753 g/mol. The van der Waals surface area contributed by atoms with Crippen molar-refractivity contribution in [1.29, 1.82) is 0 Å². The van der Waals surface area contributed by atoms with Gasteiger partial charge in [-0.3, -0.25) is 0 Å². The molecule has 11 rings (SSSR count). The molecule has 3 heterocycles. The molecule has 0 fully saturated rings. The van der Waals surface area contributed by atoms with Gasteiger partial charge in [0.2, 0.25) is 0 Å². The molecule has 0 N–H and O–H groups in total. The van der Waals surface area contributed by atoms with Crippen LogP contribution in [0.1, 0.15) is 50.2 Å². The number of unbranched alkanes of at least 4 members (excludes halogenated alkanes) is 3. The van der Waals surface area contributed by atoms with Gasteiger partial charge in [0.15, 0.2) is 5.82 Å². The summed E-state index contributed by atoms with van der Waals surface area (Å²) in [7, 11) is 0. The van der Waals surface area contributed by atoms with Crippen LogP contribution in [0.15, 0.2) is 194 Å². The van der Waals surface area contributed by atoms with Crippen LogP contribution in [0.5, 0.6) is 0 Å². The quantitative estimate of drug-likeness (QED) is 0.122. The summed E-state index contributed by atoms with van der Waals surface area (Å²) in [5, 5.41) is 2.53. The monoisotopic (exact) mass is 800 g/mol. The van der Waals surface area contributed by atoms with Crippen molar-refractivity contribution in [2.24, 2.45) is 0 Å². The average molecular weight is 801 g/mol. The minimum atomic E-state index is 0.240. The van der Waals surface area contributed by atoms with Crippen molar-refractivity contribution in [2.75, 3.05) is 4.90 Å². The Bertz CT molecular complexity index is 3120. The summed E-state index contributed by atoms with van der Waals surface area (Å²) >= 11 is 0. The predicted molar refractivity (Wildman–Crippen MR) is 260 cm³/mol. The van der Waals surface area contributed by atoms with Crippen molar-refractivity contribution >= 4 is 38.8 Å². The van der Waals surface area contributed by atoms with Gasteiger partial charge in [0.25, 0.3) is 0 Å². The van der Waals surface area contributed by atoms with E-state index in [0.29, 0.717) is 0 Å². The lowest BCUT2D eigenvalue weighted by atomic mass is 9.85. The van der Waals surface area contributed by atoms with Gasteiger partial charge in [-0.15, -0.1) is 0 Å². The van der Waals surface area contributed by atoms with Crippen molar-refractivity contribution in [3.63, 3.8) is 0 Å². The molecular formula is C58H48N4. The maximum absolute atomic E-state index is 5.15. The van der Waals surface area contributed by atoms with Crippen molar-refractivity contribution in [3.05, 3.63) is 205 Å². The molecule has 1 atom stereocenters. The third-order valence-corrected chi connectivity index (χ3v) is 12.8. The molecule has 1 aliphatic carbocycles. The molecule has 300 valence electrons. The highest BCUT2D eigenvalue weighted by molar-refractivity contribution is 6.10. The van der Waals surface area contributed by atoms with Gasteiger partial charge in [-0.1, -0.05) is 160 Å². The fourth-order valence-electron chi connectivity index (χ4n) is 9.59. The van der Waals surface area contributed by atoms with Crippen molar-refractivity contribution < 1.29 is 0 Å². The Morgan fingerprint density at radius 2 is 1.19 bits per heavy atom. The first-order valence-corrected chi connectivity index (χ1v) is 22.2. The van der Waals surface area contributed by atoms with Crippen LogP contribution in [0, 0.1) is 0 Å². The predicted octanol–water partition coefficient (Wildman–Crippen LogP) is 15.2. The highest BCUT2D eigenvalue weighted by Crippen LogP contribution is 2.46. The number of fused-ring (bicyclic) bond motifs is 7. The van der Waals surface area contributed by atoms with E-state index in [2.05, 4.69) is 204 Å². The maximum Gasteiger partial charge on any atom is 0.160 e. The zero-order valence-corrected chi connectivity index (χ0v) is 35.1. The van der Waals surface area contributed by atoms with Crippen LogP contribution in [-0.4, -0.2) is 20.6 Å². The molecule has 9 aromatic rings. The number of aryl methyl sites for hydroxylation is 1. The van der Waals surface area contributed by atoms with Gasteiger partial charge in [-0.05, 0) is 102 Å². The molecule has 2 bridgehead atoms. The number of para-hydroxylation sites is 2. The molecule has 1 unspecified atom stereocenters. The second-order valence-corrected chi connectivity index (χ2v) is 16.8. The van der Waals surface area contributed by atoms with E-state index < -0.39 is 0 Å². The van der Waals surface area contributed by atoms with Gasteiger partial charge >= 0.3 is 0 Å². The number of hydrogen-bond donors (Lipinski definition) is 0. The Kier molecular flexibility index (Phi) is 9.90. The molecule has 7 aromatic carbocycles. The summed E-state index contributed by atoms with van der Waals surface area (Å²) < 4.78 is 2.38. The number of allylic oxidation sites excluding steroid dienone is 2. The van der Waals surface area contributed by atoms with E-state index in [1.54, 1.807) is 0 Å². The lowest BCUT2D eigenvalue weighted by Crippen LogP contribution is -2.34. The van der Waals surface area contributed by atoms with E-state index >= 15 is 0 Å². The Morgan fingerprint density at radius 1 is 0.532 bits per heavy atom. The van der Waals surface area contributed by atoms with Crippen LogP contribution in [0.3, 0.4) is 0 Å². The third-order valence-electron chi connectivity index (χ3n) is 12.8. The second kappa shape index (κ2) is 16.3. The van der Waals surface area contributed by atoms with Crippen LogP contribution in [0.4, 0.5) is 11.4 Å². The van der Waals surface area contributed by atoms with Gasteiger partial charge in [0.1, 0.15) is 0 Å². The first-order chi connectivity index (χ1) is 30.7. The number of rotatable bonds is 11. The van der Waals surface area contributed by atoms with Crippen LogP contribution in [-0.2, 0) is 6.42 Å². The second-order valence-electron chi connectivity index (χ2n) is 16.8. The Balaban J connectivity index is 0.927. The van der Waals surface area contributed by atoms with Gasteiger partial charge < -0.3 is 9.47 Å². The summed E-state index contributed by atoms with van der Waals surface area (Å²) in [6, 6.07) is 64.1. The van der Waals surface area contributed by atoms with E-state index in [4.69, 9.17) is 9.97 Å². The summed E-state index contributed by atoms with van der Waals surface area (Å²) in [6.07, 6.45) is 14.0. The molecule has 2 aromatic heterocycles. The summed E-state index contributed by atoms with van der Waals surface area (Å²) in [5.41, 5.74) is 17.6. The SMILES string of the molecule is CCCCCCc1ccc(-c2cc(-c3ccc(N4c5ccc(-c6ccc7c(c6)c6ccccc6n7-c6ccccc6)cc5C5=CC=CC4C5)cc3)nc(-c3ccccc3)n2)cc1. The molecule has 4 heteroatoms. The topological polar surface area (TPSA) is 34.0 Å². The van der Waals surface area contributed by atoms with E-state index in [0.717, 1.165) is 46.7 Å². The molecule has 62 heavy (non-hydrogen) atoms. The van der Waals surface area contributed by atoms with E-state index in [9.17, 15) is 0 Å². The summed E-state index contributed by atoms with van der Waals surface area (Å²) in [6.45, 7) is 2.26. The zero-order valence-electron chi connectivity index (χ0n) is 35.1. The number of benzene rings is 7. The van der Waals surface area contributed by atoms with Crippen LogP contribution < -0.4 is 4.90 Å². The van der Waals surface area contributed by atoms with Crippen molar-refractivity contribution in [3.8, 4) is 50.7 Å². The highest BCUT2D eigenvalue weighted by atomic mass is 15.2. The molecule has 0 amide bonds. The first-order valence-electron chi connectivity index (χ1n) is 22.2. The largest absolute Gasteiger partial charge is 0.334 e. The van der Waals surface area contributed by atoms with Gasteiger partial charge in [0.05, 0.1) is 28.5 Å². The molecule has 0 saturated heterocycles. The summed E-state index contributed by atoms with van der Waals surface area (Å²) in [4.78, 5) is 12.8. The van der Waals surface area contributed by atoms with Gasteiger partial charge in [-0.25, -0.2) is 9.97 Å². The fraction of sp³-hybridized carbons (Fsp3) is 0.138. The van der Waals surface area contributed by atoms with Crippen molar-refractivity contribution in [1.82, 2.24) is 14.5 Å². The van der Waals surface area contributed by atoms with Crippen LogP contribution >= 0.6 is 0 Å². The van der Waals surface area contributed by atoms with Gasteiger partial charge in [-0.2, -0.15) is 0 Å². The number of anilines is 2. The highest BCUT2D eigenvalue weighted by Gasteiger charge is 2.30. The minimum absolute atomic E-state index is 0.240. The molecule has 2 aliphatic rings. The number of nitrogens with zero attached hydrogens (tertiary/aromatic N) is 4.